The third-order valence-electron chi connectivity index (χ3n) is 3.66. The van der Waals surface area contributed by atoms with E-state index in [4.69, 9.17) is 4.74 Å². The highest BCUT2D eigenvalue weighted by Crippen LogP contribution is 2.35. The van der Waals surface area contributed by atoms with Crippen LogP contribution in [-0.4, -0.2) is 18.5 Å². The number of rotatable bonds is 6. The predicted octanol–water partition coefficient (Wildman–Crippen LogP) is 3.82. The first-order chi connectivity index (χ1) is 8.09. The number of carbonyl (C=O) groups is 1. The molecule has 0 aromatic carbocycles. The summed E-state index contributed by atoms with van der Waals surface area (Å²) >= 11 is 0. The molecule has 0 unspecified atom stereocenters. The molecule has 2 nitrogen and oxygen atoms in total. The van der Waals surface area contributed by atoms with Crippen LogP contribution >= 0.6 is 0 Å². The third-order valence-corrected chi connectivity index (χ3v) is 3.66. The third kappa shape index (κ3) is 2.68. The summed E-state index contributed by atoms with van der Waals surface area (Å²) in [5, 5.41) is 0. The van der Waals surface area contributed by atoms with Gasteiger partial charge >= 0.3 is 0 Å². The first-order valence-corrected chi connectivity index (χ1v) is 6.52. The van der Waals surface area contributed by atoms with Crippen LogP contribution in [0, 0.1) is 0 Å². The fourth-order valence-electron chi connectivity index (χ4n) is 2.60. The molecule has 0 amide bonds. The Labute approximate surface area is 105 Å². The van der Waals surface area contributed by atoms with E-state index in [1.54, 1.807) is 7.11 Å². The van der Waals surface area contributed by atoms with Crippen molar-refractivity contribution in [2.45, 2.75) is 58.5 Å². The van der Waals surface area contributed by atoms with Crippen LogP contribution in [0.3, 0.4) is 0 Å². The average molecular weight is 236 g/mol. The molecule has 0 aliphatic heterocycles. The molecule has 0 radical (unpaired) electrons. The molecule has 1 aliphatic rings. The first-order valence-electron chi connectivity index (χ1n) is 6.52. The molecule has 0 spiro atoms. The van der Waals surface area contributed by atoms with Gasteiger partial charge in [-0.2, -0.15) is 0 Å². The van der Waals surface area contributed by atoms with Crippen LogP contribution in [0.15, 0.2) is 23.3 Å². The zero-order valence-corrected chi connectivity index (χ0v) is 11.5. The lowest BCUT2D eigenvalue weighted by Crippen LogP contribution is -2.44. The van der Waals surface area contributed by atoms with Crippen LogP contribution in [0.5, 0.6) is 0 Å². The fourth-order valence-corrected chi connectivity index (χ4v) is 2.60. The molecule has 96 valence electrons. The molecule has 0 saturated heterocycles. The van der Waals surface area contributed by atoms with Crippen molar-refractivity contribution in [3.8, 4) is 0 Å². The smallest absolute Gasteiger partial charge is 0.173 e. The maximum absolute atomic E-state index is 12.4. The zero-order chi connectivity index (χ0) is 12.9. The Bertz CT molecular complexity index is 319. The van der Waals surface area contributed by atoms with E-state index in [-0.39, 0.29) is 5.78 Å². The van der Waals surface area contributed by atoms with E-state index in [0.717, 1.165) is 36.8 Å². The summed E-state index contributed by atoms with van der Waals surface area (Å²) in [4.78, 5) is 12.4. The van der Waals surface area contributed by atoms with E-state index in [1.807, 2.05) is 13.8 Å². The topological polar surface area (TPSA) is 26.3 Å². The highest BCUT2D eigenvalue weighted by atomic mass is 16.5. The van der Waals surface area contributed by atoms with Gasteiger partial charge in [0.05, 0.1) is 0 Å². The Kier molecular flexibility index (Phi) is 5.13. The minimum atomic E-state index is -0.772. The van der Waals surface area contributed by atoms with Crippen molar-refractivity contribution in [1.29, 1.82) is 0 Å². The van der Waals surface area contributed by atoms with Crippen molar-refractivity contribution in [2.75, 3.05) is 7.11 Å². The molecule has 1 aliphatic carbocycles. The quantitative estimate of drug-likeness (QED) is 0.517. The van der Waals surface area contributed by atoms with Crippen molar-refractivity contribution >= 4 is 5.78 Å². The van der Waals surface area contributed by atoms with Crippen molar-refractivity contribution in [1.82, 2.24) is 0 Å². The zero-order valence-electron chi connectivity index (χ0n) is 11.5. The van der Waals surface area contributed by atoms with Gasteiger partial charge in [0.1, 0.15) is 0 Å². The normalized spacial score (nSPS) is 18.6. The number of unbranched alkanes of at least 4 members (excludes halogenated alkanes) is 2. The summed E-state index contributed by atoms with van der Waals surface area (Å²) in [7, 11) is 1.64. The Morgan fingerprint density at radius 3 is 2.35 bits per heavy atom. The molecular weight excluding hydrogens is 212 g/mol. The number of carbonyl (C=O) groups excluding carboxylic acids is 1. The van der Waals surface area contributed by atoms with Crippen molar-refractivity contribution < 1.29 is 9.53 Å². The van der Waals surface area contributed by atoms with Gasteiger partial charge in [0.25, 0.3) is 0 Å². The van der Waals surface area contributed by atoms with Gasteiger partial charge in [0.15, 0.2) is 11.4 Å². The molecule has 17 heavy (non-hydrogen) atoms. The van der Waals surface area contributed by atoms with Crippen LogP contribution < -0.4 is 0 Å². The molecule has 0 fully saturated rings. The monoisotopic (exact) mass is 236 g/mol. The van der Waals surface area contributed by atoms with E-state index in [1.165, 1.54) is 0 Å². The maximum atomic E-state index is 12.4. The molecule has 0 saturated carbocycles. The molecule has 2 heteroatoms. The second-order valence-electron chi connectivity index (χ2n) is 4.78. The largest absolute Gasteiger partial charge is 0.362 e. The number of ketones is 1. The number of hydrogen-bond acceptors (Lipinski definition) is 2. The molecule has 0 aromatic heterocycles. The summed E-state index contributed by atoms with van der Waals surface area (Å²) in [5.74, 6) is 0.204. The SMILES string of the molecule is CCCCCC(=O)C1(OC)C(C)=CCC=C1C. The first kappa shape index (κ1) is 14.2. The molecule has 0 aromatic rings. The van der Waals surface area contributed by atoms with Crippen molar-refractivity contribution in [2.24, 2.45) is 0 Å². The van der Waals surface area contributed by atoms with Gasteiger partial charge in [0, 0.05) is 13.5 Å². The number of Topliss-reactive ketones (excluding diaryl/α,β-unsaturated/α-hetero) is 1. The van der Waals surface area contributed by atoms with Crippen LogP contribution in [0.25, 0.3) is 0 Å². The predicted molar refractivity (Wildman–Crippen MR) is 71.0 cm³/mol. The van der Waals surface area contributed by atoms with Gasteiger partial charge in [-0.25, -0.2) is 0 Å². The van der Waals surface area contributed by atoms with Crippen LogP contribution in [0.2, 0.25) is 0 Å². The second kappa shape index (κ2) is 6.15. The van der Waals surface area contributed by atoms with Gasteiger partial charge in [-0.3, -0.25) is 4.79 Å². The van der Waals surface area contributed by atoms with Gasteiger partial charge < -0.3 is 4.74 Å². The Morgan fingerprint density at radius 1 is 1.29 bits per heavy atom. The van der Waals surface area contributed by atoms with Gasteiger partial charge in [-0.1, -0.05) is 31.9 Å². The van der Waals surface area contributed by atoms with Crippen molar-refractivity contribution in [3.05, 3.63) is 23.3 Å². The lowest BCUT2D eigenvalue weighted by atomic mass is 9.78. The van der Waals surface area contributed by atoms with Gasteiger partial charge in [-0.05, 0) is 37.8 Å². The van der Waals surface area contributed by atoms with E-state index >= 15 is 0 Å². The lowest BCUT2D eigenvalue weighted by molar-refractivity contribution is -0.133. The molecular formula is C15H24O2. The maximum Gasteiger partial charge on any atom is 0.173 e. The Balaban J connectivity index is 2.86. The van der Waals surface area contributed by atoms with Crippen LogP contribution in [0.1, 0.15) is 52.9 Å². The summed E-state index contributed by atoms with van der Waals surface area (Å²) in [6.45, 7) is 6.14. The molecule has 1 rings (SSSR count). The van der Waals surface area contributed by atoms with E-state index in [9.17, 15) is 4.79 Å². The van der Waals surface area contributed by atoms with Crippen LogP contribution in [0.4, 0.5) is 0 Å². The highest BCUT2D eigenvalue weighted by molar-refractivity contribution is 5.94. The Hall–Kier alpha value is -0.890. The minimum absolute atomic E-state index is 0.204. The minimum Gasteiger partial charge on any atom is -0.362 e. The number of allylic oxidation sites excluding steroid dienone is 2. The number of ether oxygens (including phenoxy) is 1. The van der Waals surface area contributed by atoms with Crippen molar-refractivity contribution in [3.63, 3.8) is 0 Å². The molecule has 0 atom stereocenters. The molecule has 0 heterocycles. The summed E-state index contributed by atoms with van der Waals surface area (Å²) in [5.41, 5.74) is 1.31. The van der Waals surface area contributed by atoms with Gasteiger partial charge in [0.2, 0.25) is 0 Å². The number of methoxy groups -OCH3 is 1. The molecule has 0 bridgehead atoms. The van der Waals surface area contributed by atoms with E-state index < -0.39 is 5.60 Å². The highest BCUT2D eigenvalue weighted by Gasteiger charge is 2.41. The standard InChI is InChI=1S/C15H24O2/c1-5-6-7-11-14(16)15(17-4)12(2)9-8-10-13(15)3/h9-10H,5-8,11H2,1-4H3. The summed E-state index contributed by atoms with van der Waals surface area (Å²) < 4.78 is 5.61. The van der Waals surface area contributed by atoms with Gasteiger partial charge in [-0.15, -0.1) is 0 Å². The fraction of sp³-hybridized carbons (Fsp3) is 0.667. The average Bonchev–Trinajstić information content (AvgIpc) is 2.30. The van der Waals surface area contributed by atoms with E-state index in [2.05, 4.69) is 19.1 Å². The lowest BCUT2D eigenvalue weighted by Gasteiger charge is -2.35. The Morgan fingerprint density at radius 2 is 1.88 bits per heavy atom. The molecule has 0 N–H and O–H groups in total. The second-order valence-corrected chi connectivity index (χ2v) is 4.78. The number of hydrogen-bond donors (Lipinski definition) is 0. The van der Waals surface area contributed by atoms with Crippen LogP contribution in [-0.2, 0) is 9.53 Å². The summed E-state index contributed by atoms with van der Waals surface area (Å²) in [6, 6.07) is 0. The van der Waals surface area contributed by atoms with E-state index in [0.29, 0.717) is 6.42 Å². The summed E-state index contributed by atoms with van der Waals surface area (Å²) in [6.07, 6.45) is 8.90.